The Morgan fingerprint density at radius 3 is 2.61 bits per heavy atom. The predicted octanol–water partition coefficient (Wildman–Crippen LogP) is 2.70. The first-order chi connectivity index (χ1) is 15.0. The number of carbonyl (C=O) groups excluding carboxylic acids is 1. The van der Waals surface area contributed by atoms with Crippen LogP contribution in [0.1, 0.15) is 6.92 Å². The number of rotatable bonds is 6. The number of carbonyl (C=O) groups is 1. The molecule has 2 aromatic rings. The summed E-state index contributed by atoms with van der Waals surface area (Å²) < 4.78 is 33.2. The van der Waals surface area contributed by atoms with Gasteiger partial charge in [-0.1, -0.05) is 6.07 Å². The lowest BCUT2D eigenvalue weighted by Crippen LogP contribution is -2.53. The van der Waals surface area contributed by atoms with Gasteiger partial charge in [-0.15, -0.1) is 0 Å². The molecule has 3 rings (SSSR count). The van der Waals surface area contributed by atoms with Crippen LogP contribution in [-0.4, -0.2) is 63.1 Å². The molecular weight excluding hydrogens is 404 g/mol. The molecule has 7 nitrogen and oxygen atoms in total. The van der Waals surface area contributed by atoms with E-state index in [1.165, 1.54) is 13.0 Å². The summed E-state index contributed by atoms with van der Waals surface area (Å²) in [5, 5.41) is 5.98. The minimum absolute atomic E-state index is 0.136. The molecule has 0 spiro atoms. The minimum Gasteiger partial charge on any atom is -0.492 e. The van der Waals surface area contributed by atoms with Gasteiger partial charge in [-0.3, -0.25) is 9.79 Å². The fourth-order valence-corrected chi connectivity index (χ4v) is 3.42. The average molecular weight is 431 g/mol. The molecule has 31 heavy (non-hydrogen) atoms. The van der Waals surface area contributed by atoms with E-state index in [4.69, 9.17) is 4.74 Å². The SMILES string of the molecule is CN=C(NCCOc1cccc(NC(C)=O)c1)N1CCN(c2cc(F)ccc2F)CC1. The summed E-state index contributed by atoms with van der Waals surface area (Å²) in [6.07, 6.45) is 0. The maximum Gasteiger partial charge on any atom is 0.221 e. The Balaban J connectivity index is 1.45. The van der Waals surface area contributed by atoms with Crippen molar-refractivity contribution in [2.24, 2.45) is 4.99 Å². The van der Waals surface area contributed by atoms with Gasteiger partial charge in [0.25, 0.3) is 0 Å². The summed E-state index contributed by atoms with van der Waals surface area (Å²) in [5.41, 5.74) is 0.971. The largest absolute Gasteiger partial charge is 0.492 e. The summed E-state index contributed by atoms with van der Waals surface area (Å²) in [5.74, 6) is 0.391. The second kappa shape index (κ2) is 10.6. The third-order valence-electron chi connectivity index (χ3n) is 4.85. The molecule has 1 fully saturated rings. The Morgan fingerprint density at radius 1 is 1.13 bits per heavy atom. The highest BCUT2D eigenvalue weighted by Gasteiger charge is 2.22. The lowest BCUT2D eigenvalue weighted by molar-refractivity contribution is -0.114. The van der Waals surface area contributed by atoms with Crippen LogP contribution in [0.2, 0.25) is 0 Å². The number of benzene rings is 2. The van der Waals surface area contributed by atoms with Crippen molar-refractivity contribution in [3.8, 4) is 5.75 Å². The van der Waals surface area contributed by atoms with Gasteiger partial charge >= 0.3 is 0 Å². The van der Waals surface area contributed by atoms with E-state index in [0.717, 1.165) is 18.1 Å². The molecule has 9 heteroatoms. The van der Waals surface area contributed by atoms with Crippen molar-refractivity contribution in [3.63, 3.8) is 0 Å². The van der Waals surface area contributed by atoms with Crippen molar-refractivity contribution in [2.75, 3.05) is 56.6 Å². The Bertz CT molecular complexity index is 930. The van der Waals surface area contributed by atoms with Crippen molar-refractivity contribution in [1.29, 1.82) is 0 Å². The van der Waals surface area contributed by atoms with Gasteiger partial charge in [0.1, 0.15) is 24.0 Å². The number of aliphatic imine (C=N–C) groups is 1. The van der Waals surface area contributed by atoms with Gasteiger partial charge in [0.05, 0.1) is 12.2 Å². The van der Waals surface area contributed by atoms with Crippen LogP contribution >= 0.6 is 0 Å². The molecule has 0 aromatic heterocycles. The summed E-state index contributed by atoms with van der Waals surface area (Å²) in [6, 6.07) is 10.7. The first-order valence-electron chi connectivity index (χ1n) is 10.1. The quantitative estimate of drug-likeness (QED) is 0.418. The molecule has 0 atom stereocenters. The molecule has 2 N–H and O–H groups in total. The third-order valence-corrected chi connectivity index (χ3v) is 4.85. The Labute approximate surface area is 180 Å². The molecule has 1 saturated heterocycles. The number of nitrogens with one attached hydrogen (secondary N) is 2. The average Bonchev–Trinajstić information content (AvgIpc) is 2.76. The molecule has 166 valence electrons. The van der Waals surface area contributed by atoms with Crippen LogP contribution in [0.4, 0.5) is 20.2 Å². The maximum absolute atomic E-state index is 14.0. The molecule has 1 aliphatic heterocycles. The predicted molar refractivity (Wildman–Crippen MR) is 118 cm³/mol. The van der Waals surface area contributed by atoms with Crippen molar-refractivity contribution < 1.29 is 18.3 Å². The van der Waals surface area contributed by atoms with Gasteiger partial charge in [0, 0.05) is 58.0 Å². The van der Waals surface area contributed by atoms with E-state index in [9.17, 15) is 13.6 Å². The fourth-order valence-electron chi connectivity index (χ4n) is 3.42. The minimum atomic E-state index is -0.445. The molecule has 1 heterocycles. The fraction of sp³-hybridized carbons (Fsp3) is 0.364. The standard InChI is InChI=1S/C22H27F2N5O2/c1-16(30)27-18-4-3-5-19(15-18)31-13-8-26-22(25-2)29-11-9-28(10-12-29)21-14-17(23)6-7-20(21)24/h3-7,14-15H,8-13H2,1-2H3,(H,25,26)(H,27,30). The topological polar surface area (TPSA) is 69.2 Å². The third kappa shape index (κ3) is 6.31. The van der Waals surface area contributed by atoms with E-state index in [2.05, 4.69) is 20.5 Å². The molecule has 2 aromatic carbocycles. The zero-order valence-electron chi connectivity index (χ0n) is 17.7. The molecule has 0 unspecified atom stereocenters. The molecular formula is C22H27F2N5O2. The van der Waals surface area contributed by atoms with Crippen molar-refractivity contribution in [1.82, 2.24) is 10.2 Å². The summed E-state index contributed by atoms with van der Waals surface area (Å²) in [6.45, 7) is 4.80. The molecule has 0 aliphatic carbocycles. The van der Waals surface area contributed by atoms with E-state index in [1.807, 2.05) is 17.0 Å². The second-order valence-corrected chi connectivity index (χ2v) is 7.10. The molecule has 0 saturated carbocycles. The van der Waals surface area contributed by atoms with Gasteiger partial charge in [-0.25, -0.2) is 8.78 Å². The van der Waals surface area contributed by atoms with E-state index >= 15 is 0 Å². The highest BCUT2D eigenvalue weighted by molar-refractivity contribution is 5.88. The van der Waals surface area contributed by atoms with Gasteiger partial charge in [-0.2, -0.15) is 0 Å². The van der Waals surface area contributed by atoms with Crippen LogP contribution in [0.15, 0.2) is 47.5 Å². The van der Waals surface area contributed by atoms with Gasteiger partial charge in [0.15, 0.2) is 5.96 Å². The number of ether oxygens (including phenoxy) is 1. The zero-order valence-corrected chi connectivity index (χ0v) is 17.7. The molecule has 0 bridgehead atoms. The smallest absolute Gasteiger partial charge is 0.221 e. The summed E-state index contributed by atoms with van der Waals surface area (Å²) in [7, 11) is 1.71. The number of hydrogen-bond donors (Lipinski definition) is 2. The number of hydrogen-bond acceptors (Lipinski definition) is 4. The lowest BCUT2D eigenvalue weighted by atomic mass is 10.2. The first-order valence-corrected chi connectivity index (χ1v) is 10.1. The van der Waals surface area contributed by atoms with Crippen molar-refractivity contribution in [2.45, 2.75) is 6.92 Å². The summed E-state index contributed by atoms with van der Waals surface area (Å²) in [4.78, 5) is 19.4. The van der Waals surface area contributed by atoms with E-state index < -0.39 is 11.6 Å². The number of amides is 1. The van der Waals surface area contributed by atoms with Gasteiger partial charge < -0.3 is 25.2 Å². The Kier molecular flexibility index (Phi) is 7.64. The number of guanidine groups is 1. The zero-order chi connectivity index (χ0) is 22.2. The van der Waals surface area contributed by atoms with Crippen LogP contribution in [0, 0.1) is 11.6 Å². The number of anilines is 2. The summed E-state index contributed by atoms with van der Waals surface area (Å²) >= 11 is 0. The van der Waals surface area contributed by atoms with Crippen molar-refractivity contribution in [3.05, 3.63) is 54.1 Å². The number of nitrogens with zero attached hydrogens (tertiary/aromatic N) is 3. The lowest BCUT2D eigenvalue weighted by Gasteiger charge is -2.37. The number of halogens is 2. The Hall–Kier alpha value is -3.36. The Morgan fingerprint density at radius 2 is 1.90 bits per heavy atom. The van der Waals surface area contributed by atoms with Gasteiger partial charge in [-0.05, 0) is 24.3 Å². The van der Waals surface area contributed by atoms with Crippen LogP contribution in [0.3, 0.4) is 0 Å². The van der Waals surface area contributed by atoms with Crippen LogP contribution in [0.25, 0.3) is 0 Å². The van der Waals surface area contributed by atoms with Crippen LogP contribution < -0.4 is 20.3 Å². The van der Waals surface area contributed by atoms with E-state index in [-0.39, 0.29) is 11.6 Å². The highest BCUT2D eigenvalue weighted by atomic mass is 19.1. The first kappa shape index (κ1) is 22.3. The van der Waals surface area contributed by atoms with Gasteiger partial charge in [0.2, 0.25) is 5.91 Å². The molecule has 1 aliphatic rings. The normalized spacial score (nSPS) is 14.4. The van der Waals surface area contributed by atoms with Crippen molar-refractivity contribution >= 4 is 23.2 Å². The van der Waals surface area contributed by atoms with E-state index in [1.54, 1.807) is 19.2 Å². The van der Waals surface area contributed by atoms with Crippen LogP contribution in [-0.2, 0) is 4.79 Å². The number of piperazine rings is 1. The molecule has 1 amide bonds. The van der Waals surface area contributed by atoms with E-state index in [0.29, 0.717) is 50.8 Å². The highest BCUT2D eigenvalue weighted by Crippen LogP contribution is 2.22. The van der Waals surface area contributed by atoms with Crippen LogP contribution in [0.5, 0.6) is 5.75 Å². The maximum atomic E-state index is 14.0. The molecule has 0 radical (unpaired) electrons. The second-order valence-electron chi connectivity index (χ2n) is 7.10. The monoisotopic (exact) mass is 431 g/mol.